The summed E-state index contributed by atoms with van der Waals surface area (Å²) in [6.45, 7) is 2.07. The minimum atomic E-state index is -0.454. The lowest BCUT2D eigenvalue weighted by Gasteiger charge is -2.08. The van der Waals surface area contributed by atoms with Gasteiger partial charge in [-0.3, -0.25) is 10.1 Å². The van der Waals surface area contributed by atoms with Gasteiger partial charge in [-0.15, -0.1) is 0 Å². The lowest BCUT2D eigenvalue weighted by molar-refractivity contribution is -0.385. The molecular weight excluding hydrogens is 210 g/mol. The van der Waals surface area contributed by atoms with Gasteiger partial charge in [0, 0.05) is 12.5 Å². The van der Waals surface area contributed by atoms with Crippen LogP contribution in [0.5, 0.6) is 11.5 Å². The Bertz CT molecular complexity index is 405. The maximum atomic E-state index is 10.8. The number of fused-ring (bicyclic) bond motifs is 1. The van der Waals surface area contributed by atoms with Gasteiger partial charge in [0.2, 0.25) is 12.0 Å². The number of unbranched alkanes of at least 4 members (excludes halogenated alkanes) is 1. The molecule has 0 saturated carbocycles. The van der Waals surface area contributed by atoms with E-state index in [0.29, 0.717) is 5.75 Å². The van der Waals surface area contributed by atoms with Gasteiger partial charge >= 0.3 is 5.69 Å². The molecule has 5 heteroatoms. The van der Waals surface area contributed by atoms with Crippen LogP contribution in [0, 0.1) is 10.1 Å². The summed E-state index contributed by atoms with van der Waals surface area (Å²) in [5.41, 5.74) is -0.0310. The molecule has 0 amide bonds. The molecule has 0 aliphatic carbocycles. The molecule has 1 unspecified atom stereocenters. The first kappa shape index (κ1) is 10.7. The van der Waals surface area contributed by atoms with Crippen LogP contribution in [0.1, 0.15) is 26.2 Å². The molecule has 1 heterocycles. The zero-order valence-electron chi connectivity index (χ0n) is 9.01. The van der Waals surface area contributed by atoms with Crippen molar-refractivity contribution in [2.45, 2.75) is 32.5 Å². The Hall–Kier alpha value is -1.78. The number of hydrogen-bond donors (Lipinski definition) is 0. The van der Waals surface area contributed by atoms with Crippen LogP contribution in [-0.2, 0) is 0 Å². The summed E-state index contributed by atoms with van der Waals surface area (Å²) in [6.07, 6.45) is 2.40. The lowest BCUT2D eigenvalue weighted by atomic mass is 10.2. The Morgan fingerprint density at radius 3 is 2.94 bits per heavy atom. The van der Waals surface area contributed by atoms with E-state index in [2.05, 4.69) is 6.92 Å². The first-order valence-electron chi connectivity index (χ1n) is 5.33. The molecule has 1 atom stereocenters. The topological polar surface area (TPSA) is 61.6 Å². The average Bonchev–Trinajstić information content (AvgIpc) is 2.68. The molecule has 1 aliphatic rings. The zero-order valence-corrected chi connectivity index (χ0v) is 9.01. The Labute approximate surface area is 93.1 Å². The molecular formula is C11H13NO4. The van der Waals surface area contributed by atoms with Crippen LogP contribution in [0.15, 0.2) is 18.2 Å². The van der Waals surface area contributed by atoms with E-state index in [1.54, 1.807) is 12.1 Å². The van der Waals surface area contributed by atoms with Crippen LogP contribution in [0.2, 0.25) is 0 Å². The molecule has 0 radical (unpaired) electrons. The van der Waals surface area contributed by atoms with Gasteiger partial charge in [0.25, 0.3) is 0 Å². The maximum absolute atomic E-state index is 10.8. The van der Waals surface area contributed by atoms with E-state index in [-0.39, 0.29) is 17.7 Å². The van der Waals surface area contributed by atoms with Crippen molar-refractivity contribution < 1.29 is 14.4 Å². The molecule has 1 aromatic rings. The summed E-state index contributed by atoms with van der Waals surface area (Å²) in [6, 6.07) is 4.71. The molecule has 2 rings (SSSR count). The Morgan fingerprint density at radius 1 is 1.44 bits per heavy atom. The third kappa shape index (κ3) is 1.93. The summed E-state index contributed by atoms with van der Waals surface area (Å²) in [5.74, 6) is 0.726. The molecule has 5 nitrogen and oxygen atoms in total. The van der Waals surface area contributed by atoms with Gasteiger partial charge in [-0.1, -0.05) is 19.4 Å². The number of benzene rings is 1. The predicted molar refractivity (Wildman–Crippen MR) is 57.7 cm³/mol. The number of ether oxygens (including phenoxy) is 2. The van der Waals surface area contributed by atoms with Crippen molar-refractivity contribution in [2.24, 2.45) is 0 Å². The number of para-hydroxylation sites is 1. The van der Waals surface area contributed by atoms with Gasteiger partial charge < -0.3 is 9.47 Å². The monoisotopic (exact) mass is 223 g/mol. The van der Waals surface area contributed by atoms with Crippen LogP contribution in [0.25, 0.3) is 0 Å². The minimum Gasteiger partial charge on any atom is -0.451 e. The van der Waals surface area contributed by atoms with Gasteiger partial charge in [0.15, 0.2) is 5.75 Å². The van der Waals surface area contributed by atoms with Gasteiger partial charge in [-0.2, -0.15) is 0 Å². The highest BCUT2D eigenvalue weighted by atomic mass is 16.7. The number of nitro benzene ring substituents is 1. The summed E-state index contributed by atoms with van der Waals surface area (Å²) in [4.78, 5) is 10.3. The van der Waals surface area contributed by atoms with Crippen LogP contribution in [-0.4, -0.2) is 11.2 Å². The molecule has 0 N–H and O–H groups in total. The van der Waals surface area contributed by atoms with Crippen LogP contribution >= 0.6 is 0 Å². The number of rotatable bonds is 4. The Kier molecular flexibility index (Phi) is 2.94. The summed E-state index contributed by atoms with van der Waals surface area (Å²) in [7, 11) is 0. The molecule has 0 aromatic heterocycles. The largest absolute Gasteiger partial charge is 0.451 e. The van der Waals surface area contributed by atoms with Crippen LogP contribution in [0.3, 0.4) is 0 Å². The molecule has 1 aliphatic heterocycles. The molecule has 0 spiro atoms. The third-order valence-electron chi connectivity index (χ3n) is 2.46. The highest BCUT2D eigenvalue weighted by Gasteiger charge is 2.30. The van der Waals surface area contributed by atoms with Crippen LogP contribution in [0.4, 0.5) is 5.69 Å². The van der Waals surface area contributed by atoms with Gasteiger partial charge in [-0.05, 0) is 12.5 Å². The SMILES string of the molecule is CCCCC1Oc2cccc([N+](=O)[O-])c2O1. The van der Waals surface area contributed by atoms with Gasteiger partial charge in [-0.25, -0.2) is 0 Å². The van der Waals surface area contributed by atoms with E-state index >= 15 is 0 Å². The van der Waals surface area contributed by atoms with E-state index in [1.165, 1.54) is 6.07 Å². The highest BCUT2D eigenvalue weighted by Crippen LogP contribution is 2.42. The number of hydrogen-bond acceptors (Lipinski definition) is 4. The zero-order chi connectivity index (χ0) is 11.5. The Balaban J connectivity index is 2.17. The second-order valence-corrected chi connectivity index (χ2v) is 3.67. The van der Waals surface area contributed by atoms with E-state index in [1.807, 2.05) is 0 Å². The molecule has 0 saturated heterocycles. The van der Waals surface area contributed by atoms with Crippen molar-refractivity contribution >= 4 is 5.69 Å². The van der Waals surface area contributed by atoms with E-state index in [0.717, 1.165) is 19.3 Å². The lowest BCUT2D eigenvalue weighted by Crippen LogP contribution is -2.17. The summed E-state index contributed by atoms with van der Waals surface area (Å²) < 4.78 is 10.9. The third-order valence-corrected chi connectivity index (χ3v) is 2.46. The van der Waals surface area contributed by atoms with Crippen molar-refractivity contribution in [1.82, 2.24) is 0 Å². The van der Waals surface area contributed by atoms with Crippen molar-refractivity contribution in [3.05, 3.63) is 28.3 Å². The second kappa shape index (κ2) is 4.38. The molecule has 16 heavy (non-hydrogen) atoms. The fourth-order valence-electron chi connectivity index (χ4n) is 1.65. The first-order chi connectivity index (χ1) is 7.72. The molecule has 86 valence electrons. The molecule has 1 aromatic carbocycles. The van der Waals surface area contributed by atoms with Gasteiger partial charge in [0.1, 0.15) is 0 Å². The molecule has 0 bridgehead atoms. The maximum Gasteiger partial charge on any atom is 0.315 e. The second-order valence-electron chi connectivity index (χ2n) is 3.67. The smallest absolute Gasteiger partial charge is 0.315 e. The average molecular weight is 223 g/mol. The quantitative estimate of drug-likeness (QED) is 0.581. The van der Waals surface area contributed by atoms with E-state index in [4.69, 9.17) is 9.47 Å². The number of nitro groups is 1. The first-order valence-corrected chi connectivity index (χ1v) is 5.33. The number of nitrogens with zero attached hydrogens (tertiary/aromatic N) is 1. The highest BCUT2D eigenvalue weighted by molar-refractivity contribution is 5.57. The minimum absolute atomic E-state index is 0.0310. The van der Waals surface area contributed by atoms with Crippen LogP contribution < -0.4 is 9.47 Å². The van der Waals surface area contributed by atoms with E-state index < -0.39 is 4.92 Å². The predicted octanol–water partition coefficient (Wildman–Crippen LogP) is 2.88. The standard InChI is InChI=1S/C11H13NO4/c1-2-3-7-10-15-9-6-4-5-8(12(13)14)11(9)16-10/h4-6,10H,2-3,7H2,1H3. The fourth-order valence-corrected chi connectivity index (χ4v) is 1.65. The Morgan fingerprint density at radius 2 is 2.25 bits per heavy atom. The van der Waals surface area contributed by atoms with Crippen molar-refractivity contribution in [3.8, 4) is 11.5 Å². The van der Waals surface area contributed by atoms with Crippen molar-refractivity contribution in [1.29, 1.82) is 0 Å². The van der Waals surface area contributed by atoms with E-state index in [9.17, 15) is 10.1 Å². The molecule has 0 fully saturated rings. The van der Waals surface area contributed by atoms with Crippen molar-refractivity contribution in [2.75, 3.05) is 0 Å². The summed E-state index contributed by atoms with van der Waals surface area (Å²) in [5, 5.41) is 10.8. The summed E-state index contributed by atoms with van der Waals surface area (Å²) >= 11 is 0. The normalized spacial score (nSPS) is 17.4. The van der Waals surface area contributed by atoms with Crippen molar-refractivity contribution in [3.63, 3.8) is 0 Å². The van der Waals surface area contributed by atoms with Gasteiger partial charge in [0.05, 0.1) is 4.92 Å². The fraction of sp³-hybridized carbons (Fsp3) is 0.455.